The lowest BCUT2D eigenvalue weighted by atomic mass is 9.63. The van der Waals surface area contributed by atoms with E-state index >= 15 is 0 Å². The molecule has 0 fully saturated rings. The van der Waals surface area contributed by atoms with Crippen molar-refractivity contribution in [2.75, 3.05) is 0 Å². The van der Waals surface area contributed by atoms with Crippen molar-refractivity contribution in [1.29, 1.82) is 0 Å². The molecule has 0 amide bonds. The molecule has 0 bridgehead atoms. The number of rotatable bonds is 2. The number of hydrogen-bond donors (Lipinski definition) is 2. The molecule has 0 aliphatic heterocycles. The van der Waals surface area contributed by atoms with Gasteiger partial charge in [0, 0.05) is 6.42 Å². The molecular formula is C19H22O2. The Morgan fingerprint density at radius 1 is 1.00 bits per heavy atom. The average Bonchev–Trinajstić information content (AvgIpc) is 2.46. The van der Waals surface area contributed by atoms with E-state index in [1.807, 2.05) is 48.5 Å². The van der Waals surface area contributed by atoms with E-state index in [4.69, 9.17) is 0 Å². The summed E-state index contributed by atoms with van der Waals surface area (Å²) in [4.78, 5) is 0. The molecule has 1 aliphatic carbocycles. The normalized spacial score (nSPS) is 27.1. The third-order valence-corrected chi connectivity index (χ3v) is 4.59. The molecule has 0 spiro atoms. The molecule has 2 aromatic carbocycles. The summed E-state index contributed by atoms with van der Waals surface area (Å²) in [6.07, 6.45) is 0.168. The van der Waals surface area contributed by atoms with E-state index in [0.717, 1.165) is 16.7 Å². The van der Waals surface area contributed by atoms with Crippen molar-refractivity contribution < 1.29 is 10.2 Å². The maximum atomic E-state index is 11.1. The molecule has 2 N–H and O–H groups in total. The molecule has 0 heterocycles. The van der Waals surface area contributed by atoms with Crippen LogP contribution < -0.4 is 0 Å². The molecule has 2 nitrogen and oxygen atoms in total. The van der Waals surface area contributed by atoms with E-state index in [9.17, 15) is 10.2 Å². The maximum absolute atomic E-state index is 11.1. The van der Waals surface area contributed by atoms with Gasteiger partial charge >= 0.3 is 0 Å². The van der Waals surface area contributed by atoms with Crippen LogP contribution in [-0.2, 0) is 11.8 Å². The number of aliphatic hydroxyl groups excluding tert-OH is 1. The Kier molecular flexibility index (Phi) is 3.39. The Balaban J connectivity index is 2.01. The number of fused-ring (bicyclic) bond motifs is 1. The highest BCUT2D eigenvalue weighted by molar-refractivity contribution is 5.40. The van der Waals surface area contributed by atoms with Crippen LogP contribution >= 0.6 is 0 Å². The second kappa shape index (κ2) is 4.97. The van der Waals surface area contributed by atoms with Gasteiger partial charge in [0.05, 0.1) is 5.60 Å². The van der Waals surface area contributed by atoms with Crippen LogP contribution in [0, 0.1) is 0 Å². The minimum atomic E-state index is -1.13. The molecule has 0 unspecified atom stereocenters. The second-order valence-electron chi connectivity index (χ2n) is 6.82. The number of benzene rings is 2. The number of hydrogen-bond acceptors (Lipinski definition) is 2. The minimum absolute atomic E-state index is 0.153. The van der Waals surface area contributed by atoms with Crippen molar-refractivity contribution in [1.82, 2.24) is 0 Å². The summed E-state index contributed by atoms with van der Waals surface area (Å²) in [5.41, 5.74) is 1.76. The zero-order valence-corrected chi connectivity index (χ0v) is 12.6. The molecule has 0 saturated heterocycles. The predicted molar refractivity (Wildman–Crippen MR) is 84.1 cm³/mol. The monoisotopic (exact) mass is 282 g/mol. The highest BCUT2D eigenvalue weighted by Crippen LogP contribution is 2.48. The van der Waals surface area contributed by atoms with Crippen LogP contribution in [-0.4, -0.2) is 15.8 Å². The summed E-state index contributed by atoms with van der Waals surface area (Å²) in [6, 6.07) is 17.8. The van der Waals surface area contributed by atoms with E-state index in [0.29, 0.717) is 12.8 Å². The van der Waals surface area contributed by atoms with Crippen LogP contribution in [0.5, 0.6) is 0 Å². The van der Waals surface area contributed by atoms with Gasteiger partial charge in [-0.15, -0.1) is 0 Å². The van der Waals surface area contributed by atoms with Crippen molar-refractivity contribution in [3.63, 3.8) is 0 Å². The fourth-order valence-electron chi connectivity index (χ4n) is 3.71. The van der Waals surface area contributed by atoms with Crippen molar-refractivity contribution in [3.8, 4) is 0 Å². The van der Waals surface area contributed by atoms with Gasteiger partial charge in [-0.2, -0.15) is 0 Å². The highest BCUT2D eigenvalue weighted by atomic mass is 16.3. The average molecular weight is 282 g/mol. The highest BCUT2D eigenvalue weighted by Gasteiger charge is 2.47. The van der Waals surface area contributed by atoms with Crippen LogP contribution in [0.4, 0.5) is 0 Å². The van der Waals surface area contributed by atoms with Crippen molar-refractivity contribution in [3.05, 3.63) is 71.3 Å². The van der Waals surface area contributed by atoms with E-state index < -0.39 is 11.7 Å². The lowest BCUT2D eigenvalue weighted by Gasteiger charge is -2.46. The van der Waals surface area contributed by atoms with E-state index in [1.54, 1.807) is 0 Å². The lowest BCUT2D eigenvalue weighted by Crippen LogP contribution is -2.48. The SMILES string of the molecule is CC1(C)C[C@@](O)(Cc2ccccc2)[C@H](O)c2ccccc21. The summed E-state index contributed by atoms with van der Waals surface area (Å²) in [6.45, 7) is 4.27. The molecule has 3 rings (SSSR count). The topological polar surface area (TPSA) is 40.5 Å². The molecule has 21 heavy (non-hydrogen) atoms. The number of aliphatic hydroxyl groups is 2. The Morgan fingerprint density at radius 3 is 2.33 bits per heavy atom. The molecule has 0 aromatic heterocycles. The van der Waals surface area contributed by atoms with Gasteiger partial charge < -0.3 is 10.2 Å². The molecule has 0 saturated carbocycles. The first-order chi connectivity index (χ1) is 9.92. The van der Waals surface area contributed by atoms with Crippen molar-refractivity contribution in [2.24, 2.45) is 0 Å². The first kappa shape index (κ1) is 14.3. The standard InChI is InChI=1S/C19H22O2/c1-18(2)13-19(21,12-14-8-4-3-5-9-14)17(20)15-10-6-7-11-16(15)18/h3-11,17,20-21H,12-13H2,1-2H3/t17-,19+/m1/s1. The third-order valence-electron chi connectivity index (χ3n) is 4.59. The summed E-state index contributed by atoms with van der Waals surface area (Å²) in [5.74, 6) is 0. The largest absolute Gasteiger partial charge is 0.386 e. The van der Waals surface area contributed by atoms with Crippen molar-refractivity contribution >= 4 is 0 Å². The Morgan fingerprint density at radius 2 is 1.62 bits per heavy atom. The molecular weight excluding hydrogens is 260 g/mol. The molecule has 0 radical (unpaired) electrons. The maximum Gasteiger partial charge on any atom is 0.108 e. The van der Waals surface area contributed by atoms with Crippen molar-refractivity contribution in [2.45, 2.75) is 43.8 Å². The van der Waals surface area contributed by atoms with Crippen LogP contribution in [0.25, 0.3) is 0 Å². The summed E-state index contributed by atoms with van der Waals surface area (Å²) in [7, 11) is 0. The van der Waals surface area contributed by atoms with E-state index in [-0.39, 0.29) is 5.41 Å². The van der Waals surface area contributed by atoms with Crippen LogP contribution in [0.3, 0.4) is 0 Å². The Labute approximate surface area is 126 Å². The Hall–Kier alpha value is -1.64. The fraction of sp³-hybridized carbons (Fsp3) is 0.368. The molecule has 2 atom stereocenters. The minimum Gasteiger partial charge on any atom is -0.386 e. The summed E-state index contributed by atoms with van der Waals surface area (Å²) < 4.78 is 0. The first-order valence-electron chi connectivity index (χ1n) is 7.46. The van der Waals surface area contributed by atoms with Gasteiger partial charge in [0.1, 0.15) is 6.10 Å². The quantitative estimate of drug-likeness (QED) is 0.886. The molecule has 110 valence electrons. The van der Waals surface area contributed by atoms with Crippen LogP contribution in [0.2, 0.25) is 0 Å². The second-order valence-corrected chi connectivity index (χ2v) is 6.82. The van der Waals surface area contributed by atoms with Gasteiger partial charge in [0.2, 0.25) is 0 Å². The first-order valence-corrected chi connectivity index (χ1v) is 7.46. The zero-order chi connectivity index (χ0) is 15.1. The zero-order valence-electron chi connectivity index (χ0n) is 12.6. The smallest absolute Gasteiger partial charge is 0.108 e. The van der Waals surface area contributed by atoms with Gasteiger partial charge in [-0.1, -0.05) is 68.4 Å². The van der Waals surface area contributed by atoms with Gasteiger partial charge in [0.25, 0.3) is 0 Å². The summed E-state index contributed by atoms with van der Waals surface area (Å²) >= 11 is 0. The molecule has 1 aliphatic rings. The van der Waals surface area contributed by atoms with Gasteiger partial charge in [0.15, 0.2) is 0 Å². The predicted octanol–water partition coefficient (Wildman–Crippen LogP) is 3.38. The third kappa shape index (κ3) is 2.50. The van der Waals surface area contributed by atoms with Gasteiger partial charge in [-0.05, 0) is 28.5 Å². The fourth-order valence-corrected chi connectivity index (χ4v) is 3.71. The summed E-state index contributed by atoms with van der Waals surface area (Å²) in [5, 5.41) is 21.8. The van der Waals surface area contributed by atoms with Gasteiger partial charge in [-0.3, -0.25) is 0 Å². The Bertz CT molecular complexity index is 633. The van der Waals surface area contributed by atoms with Gasteiger partial charge in [-0.25, -0.2) is 0 Å². The van der Waals surface area contributed by atoms with E-state index in [2.05, 4.69) is 19.9 Å². The molecule has 2 aromatic rings. The van der Waals surface area contributed by atoms with E-state index in [1.165, 1.54) is 0 Å². The van der Waals surface area contributed by atoms with Crippen LogP contribution in [0.15, 0.2) is 54.6 Å². The lowest BCUT2D eigenvalue weighted by molar-refractivity contribution is -0.102. The van der Waals surface area contributed by atoms with Crippen LogP contribution in [0.1, 0.15) is 43.1 Å². The molecule has 2 heteroatoms.